The van der Waals surface area contributed by atoms with Crippen LogP contribution in [-0.4, -0.2) is 31.6 Å². The molecule has 0 saturated carbocycles. The minimum absolute atomic E-state index is 0.191. The lowest BCUT2D eigenvalue weighted by Gasteiger charge is -2.12. The van der Waals surface area contributed by atoms with Gasteiger partial charge in [-0.25, -0.2) is 18.1 Å². The Bertz CT molecular complexity index is 651. The van der Waals surface area contributed by atoms with E-state index >= 15 is 0 Å². The molecular formula is C14H20N4O2S. The molecule has 0 radical (unpaired) electrons. The van der Waals surface area contributed by atoms with Crippen LogP contribution in [0.15, 0.2) is 47.9 Å². The zero-order valence-electron chi connectivity index (χ0n) is 12.2. The smallest absolute Gasteiger partial charge is 0.240 e. The highest BCUT2D eigenvalue weighted by Gasteiger charge is 2.13. The van der Waals surface area contributed by atoms with Crippen LogP contribution in [-0.2, 0) is 16.6 Å². The van der Waals surface area contributed by atoms with Gasteiger partial charge < -0.3 is 9.88 Å². The Kier molecular flexibility index (Phi) is 5.11. The number of hydrogen-bond acceptors (Lipinski definition) is 4. The first-order chi connectivity index (χ1) is 10.0. The van der Waals surface area contributed by atoms with E-state index in [1.54, 1.807) is 30.9 Å². The second-order valence-corrected chi connectivity index (χ2v) is 6.54. The summed E-state index contributed by atoms with van der Waals surface area (Å²) in [6.07, 6.45) is 5.11. The summed E-state index contributed by atoms with van der Waals surface area (Å²) in [6, 6.07) is 7.10. The Labute approximate surface area is 125 Å². The molecule has 0 amide bonds. The first kappa shape index (κ1) is 15.7. The minimum atomic E-state index is -3.47. The Morgan fingerprint density at radius 2 is 2.00 bits per heavy atom. The molecule has 0 aliphatic heterocycles. The lowest BCUT2D eigenvalue weighted by Crippen LogP contribution is -2.27. The molecule has 0 bridgehead atoms. The van der Waals surface area contributed by atoms with Gasteiger partial charge in [0.1, 0.15) is 0 Å². The molecular weight excluding hydrogens is 288 g/mol. The summed E-state index contributed by atoms with van der Waals surface area (Å²) in [7, 11) is -1.60. The van der Waals surface area contributed by atoms with Gasteiger partial charge in [0.25, 0.3) is 0 Å². The number of imidazole rings is 1. The van der Waals surface area contributed by atoms with Crippen LogP contribution < -0.4 is 10.0 Å². The summed E-state index contributed by atoms with van der Waals surface area (Å²) in [5.41, 5.74) is 1.05. The highest BCUT2D eigenvalue weighted by atomic mass is 32.2. The van der Waals surface area contributed by atoms with Crippen LogP contribution in [0.2, 0.25) is 0 Å². The molecule has 1 atom stereocenters. The van der Waals surface area contributed by atoms with Crippen molar-refractivity contribution in [3.05, 3.63) is 48.5 Å². The summed E-state index contributed by atoms with van der Waals surface area (Å²) in [4.78, 5) is 4.19. The zero-order chi connectivity index (χ0) is 15.3. The number of sulfonamides is 1. The van der Waals surface area contributed by atoms with Crippen molar-refractivity contribution in [2.75, 3.05) is 13.6 Å². The largest absolute Gasteiger partial charge is 0.336 e. The molecule has 2 rings (SSSR count). The second kappa shape index (κ2) is 6.84. The number of aromatic nitrogens is 2. The molecule has 1 aromatic carbocycles. The Hall–Kier alpha value is -1.70. The van der Waals surface area contributed by atoms with Gasteiger partial charge in [0, 0.05) is 31.5 Å². The van der Waals surface area contributed by atoms with Gasteiger partial charge in [-0.1, -0.05) is 12.1 Å². The van der Waals surface area contributed by atoms with Crippen LogP contribution >= 0.6 is 0 Å². The molecule has 1 unspecified atom stereocenters. The third kappa shape index (κ3) is 4.13. The minimum Gasteiger partial charge on any atom is -0.336 e. The first-order valence-corrected chi connectivity index (χ1v) is 8.24. The maximum absolute atomic E-state index is 12.2. The predicted octanol–water partition coefficient (Wildman–Crippen LogP) is 1.14. The fourth-order valence-electron chi connectivity index (χ4n) is 1.91. The molecule has 0 spiro atoms. The summed E-state index contributed by atoms with van der Waals surface area (Å²) in [5.74, 6) is 0. The van der Waals surface area contributed by atoms with Crippen molar-refractivity contribution in [1.29, 1.82) is 0 Å². The summed E-state index contributed by atoms with van der Waals surface area (Å²) >= 11 is 0. The molecule has 0 aliphatic carbocycles. The molecule has 0 aliphatic rings. The highest BCUT2D eigenvalue weighted by Crippen LogP contribution is 2.15. The van der Waals surface area contributed by atoms with Crippen molar-refractivity contribution < 1.29 is 8.42 Å². The number of nitrogens with zero attached hydrogens (tertiary/aromatic N) is 2. The summed E-state index contributed by atoms with van der Waals surface area (Å²) in [5, 5.41) is 3.12. The van der Waals surface area contributed by atoms with E-state index in [2.05, 4.69) is 15.0 Å². The summed E-state index contributed by atoms with van der Waals surface area (Å²) < 4.78 is 28.7. The van der Waals surface area contributed by atoms with Crippen LogP contribution in [0.25, 0.3) is 0 Å². The molecule has 1 aromatic heterocycles. The first-order valence-electron chi connectivity index (χ1n) is 6.75. The van der Waals surface area contributed by atoms with E-state index in [-0.39, 0.29) is 10.9 Å². The molecule has 7 heteroatoms. The van der Waals surface area contributed by atoms with E-state index in [1.165, 1.54) is 0 Å². The Morgan fingerprint density at radius 1 is 1.29 bits per heavy atom. The monoisotopic (exact) mass is 308 g/mol. The van der Waals surface area contributed by atoms with E-state index in [0.717, 1.165) is 5.56 Å². The third-order valence-corrected chi connectivity index (χ3v) is 4.82. The standard InChI is InChI=1S/C14H20N4O2S/c1-12(15-2)13-3-5-14(6-4-13)21(19,20)17-8-10-18-9-7-16-11-18/h3-7,9,11-12,15,17H,8,10H2,1-2H3. The van der Waals surface area contributed by atoms with Gasteiger partial charge in [0.15, 0.2) is 0 Å². The molecule has 21 heavy (non-hydrogen) atoms. The van der Waals surface area contributed by atoms with Gasteiger partial charge >= 0.3 is 0 Å². The maximum atomic E-state index is 12.2. The van der Waals surface area contributed by atoms with E-state index in [4.69, 9.17) is 0 Å². The molecule has 2 N–H and O–H groups in total. The van der Waals surface area contributed by atoms with Gasteiger partial charge in [-0.15, -0.1) is 0 Å². The van der Waals surface area contributed by atoms with Crippen molar-refractivity contribution in [2.45, 2.75) is 24.4 Å². The lowest BCUT2D eigenvalue weighted by molar-refractivity contribution is 0.572. The van der Waals surface area contributed by atoms with E-state index in [1.807, 2.05) is 30.7 Å². The third-order valence-electron chi connectivity index (χ3n) is 3.34. The van der Waals surface area contributed by atoms with Crippen molar-refractivity contribution in [2.24, 2.45) is 0 Å². The zero-order valence-corrected chi connectivity index (χ0v) is 13.0. The van der Waals surface area contributed by atoms with E-state index in [0.29, 0.717) is 13.1 Å². The molecule has 0 fully saturated rings. The second-order valence-electron chi connectivity index (χ2n) is 4.78. The average Bonchev–Trinajstić information content (AvgIpc) is 2.99. The fourth-order valence-corrected chi connectivity index (χ4v) is 2.93. The Balaban J connectivity index is 1.98. The Morgan fingerprint density at radius 3 is 2.57 bits per heavy atom. The molecule has 1 heterocycles. The maximum Gasteiger partial charge on any atom is 0.240 e. The molecule has 2 aromatic rings. The van der Waals surface area contributed by atoms with Crippen LogP contribution in [0.1, 0.15) is 18.5 Å². The average molecular weight is 308 g/mol. The summed E-state index contributed by atoms with van der Waals surface area (Å²) in [6.45, 7) is 2.90. The normalized spacial score (nSPS) is 13.2. The van der Waals surface area contributed by atoms with Gasteiger partial charge in [0.2, 0.25) is 10.0 Å². The van der Waals surface area contributed by atoms with Crippen molar-refractivity contribution in [3.8, 4) is 0 Å². The van der Waals surface area contributed by atoms with Crippen LogP contribution in [0.4, 0.5) is 0 Å². The predicted molar refractivity (Wildman–Crippen MR) is 81.3 cm³/mol. The molecule has 6 nitrogen and oxygen atoms in total. The van der Waals surface area contributed by atoms with E-state index < -0.39 is 10.0 Å². The lowest BCUT2D eigenvalue weighted by atomic mass is 10.1. The van der Waals surface area contributed by atoms with Crippen LogP contribution in [0, 0.1) is 0 Å². The topological polar surface area (TPSA) is 76.0 Å². The van der Waals surface area contributed by atoms with Gasteiger partial charge in [-0.3, -0.25) is 0 Å². The van der Waals surface area contributed by atoms with Crippen molar-refractivity contribution >= 4 is 10.0 Å². The SMILES string of the molecule is CNC(C)c1ccc(S(=O)(=O)NCCn2ccnc2)cc1. The number of nitrogens with one attached hydrogen (secondary N) is 2. The molecule has 114 valence electrons. The highest BCUT2D eigenvalue weighted by molar-refractivity contribution is 7.89. The molecule has 0 saturated heterocycles. The van der Waals surface area contributed by atoms with Crippen LogP contribution in [0.5, 0.6) is 0 Å². The van der Waals surface area contributed by atoms with Gasteiger partial charge in [-0.2, -0.15) is 0 Å². The van der Waals surface area contributed by atoms with Crippen molar-refractivity contribution in [1.82, 2.24) is 19.6 Å². The number of hydrogen-bond donors (Lipinski definition) is 2. The van der Waals surface area contributed by atoms with Crippen LogP contribution in [0.3, 0.4) is 0 Å². The fraction of sp³-hybridized carbons (Fsp3) is 0.357. The van der Waals surface area contributed by atoms with Gasteiger partial charge in [-0.05, 0) is 31.7 Å². The van der Waals surface area contributed by atoms with E-state index in [9.17, 15) is 8.42 Å². The number of rotatable bonds is 7. The number of benzene rings is 1. The quantitative estimate of drug-likeness (QED) is 0.804. The van der Waals surface area contributed by atoms with Crippen molar-refractivity contribution in [3.63, 3.8) is 0 Å². The van der Waals surface area contributed by atoms with Gasteiger partial charge in [0.05, 0.1) is 11.2 Å².